The Morgan fingerprint density at radius 2 is 1.80 bits per heavy atom. The fraction of sp³-hybridized carbons (Fsp3) is 0.632. The fourth-order valence-corrected chi connectivity index (χ4v) is 6.09. The summed E-state index contributed by atoms with van der Waals surface area (Å²) in [6.07, 6.45) is 1.18. The minimum absolute atomic E-state index is 0.304. The van der Waals surface area contributed by atoms with Gasteiger partial charge in [-0.25, -0.2) is 4.79 Å². The van der Waals surface area contributed by atoms with Gasteiger partial charge in [-0.1, -0.05) is 36.9 Å². The molecule has 0 bridgehead atoms. The third kappa shape index (κ3) is 3.80. The third-order valence-electron chi connectivity index (χ3n) is 5.53. The lowest BCUT2D eigenvalue weighted by Crippen LogP contribution is -2.40. The molecule has 1 saturated heterocycles. The number of thioether (sulfide) groups is 1. The number of aromatic nitrogens is 6. The van der Waals surface area contributed by atoms with Crippen molar-refractivity contribution in [2.45, 2.75) is 38.1 Å². The van der Waals surface area contributed by atoms with Crippen molar-refractivity contribution >= 4 is 40.2 Å². The number of rotatable bonds is 5. The molecule has 3 aromatic rings. The molecule has 1 aliphatic rings. The highest BCUT2D eigenvalue weighted by atomic mass is 32.2. The Morgan fingerprint density at radius 3 is 2.43 bits per heavy atom. The van der Waals surface area contributed by atoms with Crippen molar-refractivity contribution in [3.8, 4) is 0 Å². The summed E-state index contributed by atoms with van der Waals surface area (Å²) in [4.78, 5) is 32.5. The number of piperidine rings is 1. The van der Waals surface area contributed by atoms with Gasteiger partial charge in [0.05, 0.1) is 0 Å². The van der Waals surface area contributed by atoms with Crippen LogP contribution in [0.2, 0.25) is 0 Å². The molecule has 0 radical (unpaired) electrons. The van der Waals surface area contributed by atoms with Crippen LogP contribution in [0.25, 0.3) is 11.2 Å². The number of fused-ring (bicyclic) bond motifs is 1. The van der Waals surface area contributed by atoms with Crippen molar-refractivity contribution < 1.29 is 0 Å². The van der Waals surface area contributed by atoms with Crippen LogP contribution in [0.5, 0.6) is 0 Å². The zero-order valence-corrected chi connectivity index (χ0v) is 19.6. The predicted octanol–water partition coefficient (Wildman–Crippen LogP) is 1.87. The van der Waals surface area contributed by atoms with Crippen LogP contribution in [0.3, 0.4) is 0 Å². The van der Waals surface area contributed by atoms with Gasteiger partial charge >= 0.3 is 5.69 Å². The highest BCUT2D eigenvalue weighted by Crippen LogP contribution is 2.29. The standard InChI is InChI=1S/C19H27N7O2S2/c1-11-8-12(2)10-25(9-11)17-20-15-14(16(27)24(5)19(28)23(15)4)26(17)6-7-29-18-22-21-13(3)30-18/h11-12H,6-10H2,1-5H3/t11-,12-/m1/s1. The molecule has 0 unspecified atom stereocenters. The number of hydrogen-bond acceptors (Lipinski definition) is 8. The molecule has 0 saturated carbocycles. The minimum Gasteiger partial charge on any atom is -0.342 e. The minimum atomic E-state index is -0.359. The second-order valence-corrected chi connectivity index (χ2v) is 10.8. The molecule has 0 amide bonds. The Kier molecular flexibility index (Phi) is 5.75. The molecule has 11 heteroatoms. The molecular formula is C19H27N7O2S2. The van der Waals surface area contributed by atoms with Crippen LogP contribution in [0, 0.1) is 18.8 Å². The van der Waals surface area contributed by atoms with E-state index in [4.69, 9.17) is 4.98 Å². The smallest absolute Gasteiger partial charge is 0.332 e. The average molecular weight is 450 g/mol. The lowest BCUT2D eigenvalue weighted by molar-refractivity contribution is 0.352. The van der Waals surface area contributed by atoms with Gasteiger partial charge < -0.3 is 9.47 Å². The summed E-state index contributed by atoms with van der Waals surface area (Å²) < 4.78 is 5.53. The van der Waals surface area contributed by atoms with Crippen molar-refractivity contribution in [1.82, 2.24) is 28.9 Å². The maximum absolute atomic E-state index is 13.0. The number of aryl methyl sites for hydroxylation is 3. The van der Waals surface area contributed by atoms with E-state index in [0.29, 0.717) is 29.5 Å². The van der Waals surface area contributed by atoms with Gasteiger partial charge in [0.2, 0.25) is 5.95 Å². The van der Waals surface area contributed by atoms with Crippen LogP contribution >= 0.6 is 23.1 Å². The summed E-state index contributed by atoms with van der Waals surface area (Å²) in [6.45, 7) is 8.82. The molecule has 1 aliphatic heterocycles. The average Bonchev–Trinajstić information content (AvgIpc) is 3.28. The van der Waals surface area contributed by atoms with Gasteiger partial charge in [-0.15, -0.1) is 10.2 Å². The van der Waals surface area contributed by atoms with E-state index in [-0.39, 0.29) is 11.2 Å². The quantitative estimate of drug-likeness (QED) is 0.549. The second kappa shape index (κ2) is 8.18. The zero-order chi connectivity index (χ0) is 21.6. The van der Waals surface area contributed by atoms with Crippen molar-refractivity contribution in [2.24, 2.45) is 25.9 Å². The maximum atomic E-state index is 13.0. The molecule has 30 heavy (non-hydrogen) atoms. The highest BCUT2D eigenvalue weighted by molar-refractivity contribution is 8.01. The lowest BCUT2D eigenvalue weighted by atomic mass is 9.92. The number of imidazole rings is 1. The third-order valence-corrected chi connectivity index (χ3v) is 7.48. The van der Waals surface area contributed by atoms with Crippen molar-refractivity contribution in [2.75, 3.05) is 23.7 Å². The fourth-order valence-electron chi connectivity index (χ4n) is 4.28. The van der Waals surface area contributed by atoms with Gasteiger partial charge in [0.15, 0.2) is 15.5 Å². The zero-order valence-electron chi connectivity index (χ0n) is 18.0. The van der Waals surface area contributed by atoms with Crippen LogP contribution in [0.15, 0.2) is 13.9 Å². The molecular weight excluding hydrogens is 422 g/mol. The molecule has 4 heterocycles. The SMILES string of the molecule is Cc1nnc(SCCn2c(N3C[C@H](C)C[C@@H](C)C3)nc3c2c(=O)n(C)c(=O)n3C)s1. The monoisotopic (exact) mass is 449 g/mol. The van der Waals surface area contributed by atoms with E-state index in [9.17, 15) is 9.59 Å². The van der Waals surface area contributed by atoms with Gasteiger partial charge in [0.25, 0.3) is 5.56 Å². The second-order valence-electron chi connectivity index (χ2n) is 8.23. The summed E-state index contributed by atoms with van der Waals surface area (Å²) in [7, 11) is 3.19. The highest BCUT2D eigenvalue weighted by Gasteiger charge is 2.28. The normalized spacial score (nSPS) is 19.7. The molecule has 0 N–H and O–H groups in total. The summed E-state index contributed by atoms with van der Waals surface area (Å²) in [5, 5.41) is 9.17. The van der Waals surface area contributed by atoms with Crippen LogP contribution in [-0.4, -0.2) is 47.7 Å². The summed E-state index contributed by atoms with van der Waals surface area (Å²) >= 11 is 3.19. The molecule has 0 aromatic carbocycles. The van der Waals surface area contributed by atoms with Gasteiger partial charge in [-0.05, 0) is 25.2 Å². The first kappa shape index (κ1) is 21.1. The molecule has 162 valence electrons. The van der Waals surface area contributed by atoms with Gasteiger partial charge in [-0.3, -0.25) is 13.9 Å². The van der Waals surface area contributed by atoms with Crippen LogP contribution in [-0.2, 0) is 20.6 Å². The summed E-state index contributed by atoms with van der Waals surface area (Å²) in [6, 6.07) is 0. The molecule has 1 fully saturated rings. The summed E-state index contributed by atoms with van der Waals surface area (Å²) in [5.41, 5.74) is 0.264. The first-order chi connectivity index (χ1) is 14.3. The van der Waals surface area contributed by atoms with Crippen molar-refractivity contribution in [1.29, 1.82) is 0 Å². The van der Waals surface area contributed by atoms with Gasteiger partial charge in [0.1, 0.15) is 5.01 Å². The van der Waals surface area contributed by atoms with Gasteiger partial charge in [0, 0.05) is 39.5 Å². The molecule has 0 aliphatic carbocycles. The molecule has 3 aromatic heterocycles. The Labute approximate surface area is 182 Å². The Hall–Kier alpha value is -2.14. The Bertz CT molecular complexity index is 1180. The first-order valence-electron chi connectivity index (χ1n) is 10.1. The summed E-state index contributed by atoms with van der Waals surface area (Å²) in [5.74, 6) is 2.61. The van der Waals surface area contributed by atoms with E-state index >= 15 is 0 Å². The van der Waals surface area contributed by atoms with E-state index in [1.54, 1.807) is 30.1 Å². The first-order valence-corrected chi connectivity index (χ1v) is 11.9. The Morgan fingerprint density at radius 1 is 1.10 bits per heavy atom. The van der Waals surface area contributed by atoms with E-state index < -0.39 is 0 Å². The van der Waals surface area contributed by atoms with Crippen LogP contribution in [0.4, 0.5) is 5.95 Å². The maximum Gasteiger partial charge on any atom is 0.332 e. The van der Waals surface area contributed by atoms with E-state index in [2.05, 4.69) is 28.9 Å². The van der Waals surface area contributed by atoms with Crippen LogP contribution in [0.1, 0.15) is 25.3 Å². The Balaban J connectivity index is 1.77. The van der Waals surface area contributed by atoms with E-state index in [1.807, 2.05) is 11.5 Å². The van der Waals surface area contributed by atoms with Gasteiger partial charge in [-0.2, -0.15) is 4.98 Å². The number of anilines is 1. The van der Waals surface area contributed by atoms with Crippen molar-refractivity contribution in [3.05, 3.63) is 25.8 Å². The van der Waals surface area contributed by atoms with E-state index in [1.165, 1.54) is 18.0 Å². The van der Waals surface area contributed by atoms with Crippen LogP contribution < -0.4 is 16.1 Å². The number of nitrogens with zero attached hydrogens (tertiary/aromatic N) is 7. The lowest BCUT2D eigenvalue weighted by Gasteiger charge is -2.35. The molecule has 4 rings (SSSR count). The number of hydrogen-bond donors (Lipinski definition) is 0. The van der Waals surface area contributed by atoms with E-state index in [0.717, 1.165) is 38.7 Å². The largest absolute Gasteiger partial charge is 0.342 e. The topological polar surface area (TPSA) is 90.8 Å². The molecule has 0 spiro atoms. The predicted molar refractivity (Wildman–Crippen MR) is 121 cm³/mol. The van der Waals surface area contributed by atoms with Crippen molar-refractivity contribution in [3.63, 3.8) is 0 Å². The molecule has 9 nitrogen and oxygen atoms in total. The molecule has 2 atom stereocenters.